The van der Waals surface area contributed by atoms with Crippen molar-refractivity contribution in [3.63, 3.8) is 0 Å². The summed E-state index contributed by atoms with van der Waals surface area (Å²) in [6.07, 6.45) is 6.65. The van der Waals surface area contributed by atoms with Crippen LogP contribution in [0.4, 0.5) is 21.8 Å². The fourth-order valence-electron chi connectivity index (χ4n) is 5.52. The van der Waals surface area contributed by atoms with Gasteiger partial charge >= 0.3 is 0 Å². The third-order valence-electron chi connectivity index (χ3n) is 7.65. The number of carbonyl (C=O) groups excluding carboxylic acids is 1. The molecule has 2 atom stereocenters. The first-order chi connectivity index (χ1) is 20.0. The van der Waals surface area contributed by atoms with Gasteiger partial charge in [0.2, 0.25) is 11.9 Å². The summed E-state index contributed by atoms with van der Waals surface area (Å²) < 4.78 is 38.9. The smallest absolute Gasteiger partial charge is 0.242 e. The summed E-state index contributed by atoms with van der Waals surface area (Å²) in [4.78, 5) is 34.2. The minimum Gasteiger partial charge on any atom is -0.357 e. The van der Waals surface area contributed by atoms with E-state index in [-0.39, 0.29) is 29.6 Å². The second-order valence-electron chi connectivity index (χ2n) is 10.8. The van der Waals surface area contributed by atoms with Crippen molar-refractivity contribution in [1.82, 2.24) is 29.7 Å². The molecule has 4 heterocycles. The summed E-state index contributed by atoms with van der Waals surface area (Å²) in [6.45, 7) is 8.65. The Morgan fingerprint density at radius 1 is 1.24 bits per heavy atom. The Balaban J connectivity index is 1.43. The molecule has 1 fully saturated rings. The molecule has 3 aromatic heterocycles. The number of hydrogen-bond donors (Lipinski definition) is 3. The van der Waals surface area contributed by atoms with E-state index in [1.165, 1.54) is 18.2 Å². The normalized spacial score (nSPS) is 17.3. The molecule has 13 heteroatoms. The number of likely N-dealkylation sites (N-methyl/N-ethyl adjacent to an activating group) is 1. The molecule has 1 aliphatic heterocycles. The van der Waals surface area contributed by atoms with Gasteiger partial charge in [0, 0.05) is 61.5 Å². The number of aromatic nitrogens is 4. The molecule has 2 unspecified atom stereocenters. The van der Waals surface area contributed by atoms with Gasteiger partial charge in [0.15, 0.2) is 21.5 Å². The van der Waals surface area contributed by atoms with Gasteiger partial charge in [0.05, 0.1) is 22.9 Å². The number of rotatable bonds is 8. The molecule has 11 nitrogen and oxygen atoms in total. The molecule has 5 rings (SSSR count). The molecule has 1 aromatic carbocycles. The first-order valence-corrected chi connectivity index (χ1v) is 15.7. The van der Waals surface area contributed by atoms with Gasteiger partial charge in [-0.1, -0.05) is 13.0 Å². The maximum absolute atomic E-state index is 15.0. The lowest BCUT2D eigenvalue weighted by atomic mass is 10.1. The summed E-state index contributed by atoms with van der Waals surface area (Å²) in [5.74, 6) is -0.480. The molecule has 1 amide bonds. The van der Waals surface area contributed by atoms with Gasteiger partial charge in [-0.05, 0) is 51.1 Å². The fraction of sp³-hybridized carbons (Fsp3) is 0.379. The van der Waals surface area contributed by atoms with Crippen LogP contribution in [-0.2, 0) is 14.6 Å². The number of aromatic amines is 1. The molecule has 1 aliphatic rings. The number of H-pyrrole nitrogens is 1. The Morgan fingerprint density at radius 3 is 2.74 bits per heavy atom. The van der Waals surface area contributed by atoms with Gasteiger partial charge in [-0.2, -0.15) is 0 Å². The minimum atomic E-state index is -3.75. The number of fused-ring (bicyclic) bond motifs is 1. The van der Waals surface area contributed by atoms with Gasteiger partial charge in [-0.3, -0.25) is 9.69 Å². The van der Waals surface area contributed by atoms with Crippen molar-refractivity contribution >= 4 is 44.1 Å². The highest BCUT2D eigenvalue weighted by molar-refractivity contribution is 7.90. The number of piperazine rings is 1. The quantitative estimate of drug-likeness (QED) is 0.277. The number of pyridine rings is 1. The maximum Gasteiger partial charge on any atom is 0.242 e. The van der Waals surface area contributed by atoms with Crippen LogP contribution in [0.25, 0.3) is 22.2 Å². The van der Waals surface area contributed by atoms with Crippen molar-refractivity contribution < 1.29 is 17.6 Å². The predicted molar refractivity (Wildman–Crippen MR) is 161 cm³/mol. The van der Waals surface area contributed by atoms with E-state index in [1.54, 1.807) is 18.6 Å². The largest absolute Gasteiger partial charge is 0.357 e. The van der Waals surface area contributed by atoms with Crippen LogP contribution in [0.5, 0.6) is 0 Å². The molecule has 1 saturated heterocycles. The zero-order chi connectivity index (χ0) is 30.2. The Morgan fingerprint density at radius 2 is 2.02 bits per heavy atom. The van der Waals surface area contributed by atoms with Crippen molar-refractivity contribution in [3.05, 3.63) is 54.2 Å². The number of nitrogens with zero attached hydrogens (tertiary/aromatic N) is 5. The molecular formula is C29H35FN8O3S. The summed E-state index contributed by atoms with van der Waals surface area (Å²) in [5.41, 5.74) is 2.70. The average molecular weight is 595 g/mol. The van der Waals surface area contributed by atoms with E-state index in [4.69, 9.17) is 0 Å². The Bertz CT molecular complexity index is 1740. The van der Waals surface area contributed by atoms with Crippen LogP contribution < -0.4 is 10.6 Å². The van der Waals surface area contributed by atoms with Crippen molar-refractivity contribution in [2.75, 3.05) is 43.6 Å². The lowest BCUT2D eigenvalue weighted by molar-refractivity contribution is -0.123. The van der Waals surface area contributed by atoms with Crippen LogP contribution in [0.2, 0.25) is 0 Å². The zero-order valence-electron chi connectivity index (χ0n) is 24.3. The molecule has 222 valence electrons. The molecule has 0 radical (unpaired) electrons. The number of aryl methyl sites for hydroxylation is 1. The summed E-state index contributed by atoms with van der Waals surface area (Å²) in [7, 11) is -1.66. The highest BCUT2D eigenvalue weighted by Crippen LogP contribution is 2.33. The molecule has 42 heavy (non-hydrogen) atoms. The Kier molecular flexibility index (Phi) is 8.26. The molecule has 0 bridgehead atoms. The van der Waals surface area contributed by atoms with E-state index in [0.29, 0.717) is 23.4 Å². The van der Waals surface area contributed by atoms with Gasteiger partial charge < -0.3 is 20.5 Å². The molecule has 0 spiro atoms. The van der Waals surface area contributed by atoms with E-state index in [2.05, 4.69) is 54.3 Å². The number of sulfone groups is 1. The standard InChI is InChI=1S/C29H35FN8O3S/c1-6-22(38-13-12-37(4)16-18(38)3)28(39)36-27-26-19(10-11-31-27)20(15-32-26)25-17(2)14-33-29(35-25)34-21-8-7-9-23(24(21)30)42(5,40)41/h7-11,14-15,18,22,32H,6,12-13,16H2,1-5H3,(H,31,36,39)(H,33,34,35). The first-order valence-electron chi connectivity index (χ1n) is 13.8. The summed E-state index contributed by atoms with van der Waals surface area (Å²) in [6, 6.07) is 5.90. The Hall–Kier alpha value is -3.94. The number of carbonyl (C=O) groups is 1. The van der Waals surface area contributed by atoms with Crippen LogP contribution in [0.1, 0.15) is 25.8 Å². The lowest BCUT2D eigenvalue weighted by Gasteiger charge is -2.41. The van der Waals surface area contributed by atoms with E-state index in [9.17, 15) is 17.6 Å². The molecule has 4 aromatic rings. The van der Waals surface area contributed by atoms with Crippen molar-refractivity contribution in [3.8, 4) is 11.3 Å². The van der Waals surface area contributed by atoms with Gasteiger partial charge in [0.25, 0.3) is 0 Å². The topological polar surface area (TPSA) is 136 Å². The lowest BCUT2D eigenvalue weighted by Crippen LogP contribution is -2.57. The van der Waals surface area contributed by atoms with Crippen LogP contribution in [-0.4, -0.2) is 89.1 Å². The summed E-state index contributed by atoms with van der Waals surface area (Å²) >= 11 is 0. The monoisotopic (exact) mass is 594 g/mol. The van der Waals surface area contributed by atoms with Crippen LogP contribution >= 0.6 is 0 Å². The third-order valence-corrected chi connectivity index (χ3v) is 8.77. The van der Waals surface area contributed by atoms with E-state index in [0.717, 1.165) is 42.4 Å². The second kappa shape index (κ2) is 11.7. The van der Waals surface area contributed by atoms with E-state index in [1.807, 2.05) is 19.9 Å². The van der Waals surface area contributed by atoms with Crippen LogP contribution in [0.15, 0.2) is 47.8 Å². The second-order valence-corrected chi connectivity index (χ2v) is 12.8. The van der Waals surface area contributed by atoms with Gasteiger partial charge in [-0.15, -0.1) is 0 Å². The van der Waals surface area contributed by atoms with Crippen molar-refractivity contribution in [1.29, 1.82) is 0 Å². The van der Waals surface area contributed by atoms with Crippen LogP contribution in [0, 0.1) is 12.7 Å². The molecule has 0 aliphatic carbocycles. The maximum atomic E-state index is 15.0. The summed E-state index contributed by atoms with van der Waals surface area (Å²) in [5, 5.41) is 6.64. The predicted octanol–water partition coefficient (Wildman–Crippen LogP) is 3.97. The highest BCUT2D eigenvalue weighted by Gasteiger charge is 2.32. The number of anilines is 3. The van der Waals surface area contributed by atoms with Gasteiger partial charge in [0.1, 0.15) is 4.90 Å². The number of benzene rings is 1. The minimum absolute atomic E-state index is 0.0546. The first kappa shape index (κ1) is 29.5. The van der Waals surface area contributed by atoms with Crippen LogP contribution in [0.3, 0.4) is 0 Å². The SMILES string of the molecule is CCC(C(=O)Nc1nccc2c(-c3nc(Nc4cccc(S(C)(=O)=O)c4F)ncc3C)c[nH]c12)N1CCN(C)CC1C. The molecular weight excluding hydrogens is 559 g/mol. The fourth-order valence-corrected chi connectivity index (χ4v) is 6.28. The van der Waals surface area contributed by atoms with Crippen molar-refractivity contribution in [2.45, 2.75) is 44.2 Å². The zero-order valence-corrected chi connectivity index (χ0v) is 25.1. The van der Waals surface area contributed by atoms with E-state index >= 15 is 0 Å². The number of amides is 1. The number of halogens is 1. The van der Waals surface area contributed by atoms with E-state index < -0.39 is 20.5 Å². The number of hydrogen-bond acceptors (Lipinski definition) is 9. The third kappa shape index (κ3) is 5.85. The van der Waals surface area contributed by atoms with Crippen molar-refractivity contribution in [2.24, 2.45) is 0 Å². The molecule has 3 N–H and O–H groups in total. The number of nitrogens with one attached hydrogen (secondary N) is 3. The average Bonchev–Trinajstić information content (AvgIpc) is 3.37. The molecule has 0 saturated carbocycles. The van der Waals surface area contributed by atoms with Gasteiger partial charge in [-0.25, -0.2) is 27.8 Å². The Labute approximate surface area is 244 Å². The highest BCUT2D eigenvalue weighted by atomic mass is 32.2.